The lowest BCUT2D eigenvalue weighted by molar-refractivity contribution is -0.0935. The summed E-state index contributed by atoms with van der Waals surface area (Å²) in [6, 6.07) is -0.00993. The van der Waals surface area contributed by atoms with Crippen LogP contribution < -0.4 is 5.73 Å². The van der Waals surface area contributed by atoms with Gasteiger partial charge in [0.15, 0.2) is 5.90 Å². The summed E-state index contributed by atoms with van der Waals surface area (Å²) in [6.45, 7) is 3.66. The number of ether oxygens (including phenoxy) is 1. The highest BCUT2D eigenvalue weighted by atomic mass is 19.4. The molecular formula is C16H24F3N3O. The highest BCUT2D eigenvalue weighted by Crippen LogP contribution is 2.32. The molecule has 0 radical (unpaired) electrons. The molecule has 0 amide bonds. The molecule has 0 aromatic heterocycles. The first-order valence-corrected chi connectivity index (χ1v) is 8.38. The second-order valence-corrected chi connectivity index (χ2v) is 6.80. The molecule has 0 bridgehead atoms. The largest absolute Gasteiger partial charge is 0.477 e. The lowest BCUT2D eigenvalue weighted by Crippen LogP contribution is -2.47. The van der Waals surface area contributed by atoms with Gasteiger partial charge in [0.2, 0.25) is 0 Å². The van der Waals surface area contributed by atoms with Crippen LogP contribution in [0.3, 0.4) is 0 Å². The molecule has 3 rings (SSSR count). The van der Waals surface area contributed by atoms with Crippen LogP contribution in [0.15, 0.2) is 16.8 Å². The zero-order valence-electron chi connectivity index (χ0n) is 13.4. The third kappa shape index (κ3) is 3.71. The van der Waals surface area contributed by atoms with Gasteiger partial charge in [-0.1, -0.05) is 13.3 Å². The zero-order valence-corrected chi connectivity index (χ0v) is 13.4. The smallest absolute Gasteiger partial charge is 0.433 e. The van der Waals surface area contributed by atoms with E-state index in [0.717, 1.165) is 32.0 Å². The van der Waals surface area contributed by atoms with Crippen molar-refractivity contribution >= 4 is 5.90 Å². The Bertz CT molecular complexity index is 491. The van der Waals surface area contributed by atoms with E-state index in [4.69, 9.17) is 10.5 Å². The van der Waals surface area contributed by atoms with Crippen LogP contribution in [-0.2, 0) is 4.74 Å². The van der Waals surface area contributed by atoms with Gasteiger partial charge in [-0.15, -0.1) is 0 Å². The second-order valence-electron chi connectivity index (χ2n) is 6.80. The second kappa shape index (κ2) is 6.43. The number of rotatable bonds is 2. The molecule has 0 spiro atoms. The normalized spacial score (nSPS) is 31.3. The van der Waals surface area contributed by atoms with E-state index in [1.165, 1.54) is 19.3 Å². The molecule has 7 heteroatoms. The fraction of sp³-hybridized carbons (Fsp3) is 0.812. The summed E-state index contributed by atoms with van der Waals surface area (Å²) < 4.78 is 44.5. The summed E-state index contributed by atoms with van der Waals surface area (Å²) in [5.41, 5.74) is 4.86. The van der Waals surface area contributed by atoms with Crippen molar-refractivity contribution in [3.05, 3.63) is 11.8 Å². The predicted molar refractivity (Wildman–Crippen MR) is 82.0 cm³/mol. The molecule has 1 saturated carbocycles. The van der Waals surface area contributed by atoms with Crippen LogP contribution in [0.5, 0.6) is 0 Å². The molecule has 0 aromatic carbocycles. The standard InChI is InChI=1S/C16H24F3N3O/c1-10-13(20)9-14(16(17,18)19)21-15(10)23-12-5-7-22(8-6-12)11-3-2-4-11/h9-13H,2-8,20H2,1H3. The summed E-state index contributed by atoms with van der Waals surface area (Å²) in [5.74, 6) is -0.194. The number of piperidine rings is 1. The van der Waals surface area contributed by atoms with Crippen LogP contribution in [0.4, 0.5) is 13.2 Å². The maximum absolute atomic E-state index is 12.9. The maximum atomic E-state index is 12.9. The fourth-order valence-corrected chi connectivity index (χ4v) is 3.32. The van der Waals surface area contributed by atoms with E-state index < -0.39 is 17.9 Å². The Hall–Kier alpha value is -1.08. The topological polar surface area (TPSA) is 50.8 Å². The summed E-state index contributed by atoms with van der Waals surface area (Å²) in [5, 5.41) is 0. The summed E-state index contributed by atoms with van der Waals surface area (Å²) in [7, 11) is 0. The first kappa shape index (κ1) is 16.8. The Kier molecular flexibility index (Phi) is 4.69. The zero-order chi connectivity index (χ0) is 16.6. The monoisotopic (exact) mass is 331 g/mol. The number of nitrogens with zero attached hydrogens (tertiary/aromatic N) is 2. The predicted octanol–water partition coefficient (Wildman–Crippen LogP) is 2.84. The molecule has 23 heavy (non-hydrogen) atoms. The van der Waals surface area contributed by atoms with Crippen molar-refractivity contribution in [3.63, 3.8) is 0 Å². The van der Waals surface area contributed by atoms with Crippen LogP contribution in [0.1, 0.15) is 39.0 Å². The fourth-order valence-electron chi connectivity index (χ4n) is 3.32. The van der Waals surface area contributed by atoms with Crippen molar-refractivity contribution in [1.82, 2.24) is 4.90 Å². The Labute approximate surface area is 134 Å². The minimum Gasteiger partial charge on any atom is -0.477 e. The van der Waals surface area contributed by atoms with E-state index in [1.807, 2.05) is 0 Å². The molecular weight excluding hydrogens is 307 g/mol. The van der Waals surface area contributed by atoms with Gasteiger partial charge in [0.1, 0.15) is 11.8 Å². The van der Waals surface area contributed by atoms with Crippen molar-refractivity contribution in [2.75, 3.05) is 13.1 Å². The summed E-state index contributed by atoms with van der Waals surface area (Å²) in [4.78, 5) is 6.17. The van der Waals surface area contributed by atoms with Crippen LogP contribution in [0.2, 0.25) is 0 Å². The maximum Gasteiger partial charge on any atom is 0.433 e. The number of hydrogen-bond acceptors (Lipinski definition) is 4. The van der Waals surface area contributed by atoms with Gasteiger partial charge in [-0.05, 0) is 31.8 Å². The van der Waals surface area contributed by atoms with Crippen molar-refractivity contribution in [2.24, 2.45) is 16.6 Å². The van der Waals surface area contributed by atoms with E-state index in [0.29, 0.717) is 6.04 Å². The minimum absolute atomic E-state index is 0.0627. The number of hydrogen-bond donors (Lipinski definition) is 1. The minimum atomic E-state index is -4.49. The highest BCUT2D eigenvalue weighted by Gasteiger charge is 2.39. The number of alkyl halides is 3. The van der Waals surface area contributed by atoms with Crippen molar-refractivity contribution in [2.45, 2.75) is 63.4 Å². The molecule has 2 aliphatic heterocycles. The van der Waals surface area contributed by atoms with Crippen molar-refractivity contribution in [1.29, 1.82) is 0 Å². The molecule has 2 atom stereocenters. The van der Waals surface area contributed by atoms with Crippen molar-refractivity contribution in [3.8, 4) is 0 Å². The number of allylic oxidation sites excluding steroid dienone is 1. The average Bonchev–Trinajstić information content (AvgIpc) is 2.42. The molecule has 2 unspecified atom stereocenters. The molecule has 3 aliphatic rings. The van der Waals surface area contributed by atoms with Gasteiger partial charge >= 0.3 is 6.18 Å². The first-order valence-electron chi connectivity index (χ1n) is 8.38. The summed E-state index contributed by atoms with van der Waals surface area (Å²) >= 11 is 0. The molecule has 1 aliphatic carbocycles. The Morgan fingerprint density at radius 2 is 1.87 bits per heavy atom. The van der Waals surface area contributed by atoms with E-state index in [9.17, 15) is 13.2 Å². The van der Waals surface area contributed by atoms with E-state index in [2.05, 4.69) is 9.89 Å². The third-order valence-corrected chi connectivity index (χ3v) is 5.19. The van der Waals surface area contributed by atoms with Gasteiger partial charge in [-0.25, -0.2) is 4.99 Å². The number of halogens is 3. The van der Waals surface area contributed by atoms with Gasteiger partial charge in [-0.3, -0.25) is 0 Å². The number of likely N-dealkylation sites (tertiary alicyclic amines) is 1. The number of nitrogens with two attached hydrogens (primary N) is 1. The highest BCUT2D eigenvalue weighted by molar-refractivity contribution is 5.82. The van der Waals surface area contributed by atoms with Crippen LogP contribution in [0, 0.1) is 5.92 Å². The van der Waals surface area contributed by atoms with Gasteiger partial charge in [0.05, 0.1) is 5.92 Å². The first-order chi connectivity index (χ1) is 10.8. The molecule has 1 saturated heterocycles. The van der Waals surface area contributed by atoms with Crippen LogP contribution in [-0.4, -0.2) is 48.3 Å². The Morgan fingerprint density at radius 1 is 1.22 bits per heavy atom. The molecule has 4 nitrogen and oxygen atoms in total. The Morgan fingerprint density at radius 3 is 2.39 bits per heavy atom. The molecule has 130 valence electrons. The van der Waals surface area contributed by atoms with Crippen LogP contribution >= 0.6 is 0 Å². The molecule has 0 aromatic rings. The van der Waals surface area contributed by atoms with Gasteiger partial charge in [-0.2, -0.15) is 13.2 Å². The SMILES string of the molecule is CC1C(OC2CCN(C3CCC3)CC2)=NC(C(F)(F)F)=CC1N. The Balaban J connectivity index is 1.60. The van der Waals surface area contributed by atoms with E-state index in [-0.39, 0.29) is 17.9 Å². The third-order valence-electron chi connectivity index (χ3n) is 5.19. The van der Waals surface area contributed by atoms with Gasteiger partial charge < -0.3 is 15.4 Å². The van der Waals surface area contributed by atoms with E-state index in [1.54, 1.807) is 6.92 Å². The van der Waals surface area contributed by atoms with E-state index >= 15 is 0 Å². The molecule has 2 N–H and O–H groups in total. The average molecular weight is 331 g/mol. The quantitative estimate of drug-likeness (QED) is 0.846. The van der Waals surface area contributed by atoms with Gasteiger partial charge in [0.25, 0.3) is 0 Å². The lowest BCUT2D eigenvalue weighted by Gasteiger charge is -2.42. The number of aliphatic imine (C=N–C) groups is 1. The summed E-state index contributed by atoms with van der Waals surface area (Å²) in [6.07, 6.45) is 1.95. The van der Waals surface area contributed by atoms with Crippen molar-refractivity contribution < 1.29 is 17.9 Å². The molecule has 2 fully saturated rings. The van der Waals surface area contributed by atoms with Gasteiger partial charge in [0, 0.05) is 25.2 Å². The molecule has 2 heterocycles. The van der Waals surface area contributed by atoms with Crippen LogP contribution in [0.25, 0.3) is 0 Å². The lowest BCUT2D eigenvalue weighted by atomic mass is 9.89.